The van der Waals surface area contributed by atoms with Crippen LogP contribution in [0.15, 0.2) is 82.8 Å². The highest BCUT2D eigenvalue weighted by Crippen LogP contribution is 2.37. The van der Waals surface area contributed by atoms with Crippen molar-refractivity contribution in [2.45, 2.75) is 43.9 Å². The summed E-state index contributed by atoms with van der Waals surface area (Å²) in [6.07, 6.45) is 0.485. The summed E-state index contributed by atoms with van der Waals surface area (Å²) < 4.78 is 19.9. The van der Waals surface area contributed by atoms with Gasteiger partial charge in [-0.05, 0) is 76.0 Å². The average molecular weight is 653 g/mol. The van der Waals surface area contributed by atoms with Gasteiger partial charge in [-0.15, -0.1) is 0 Å². The molecule has 226 valence electrons. The molecule has 8 nitrogen and oxygen atoms in total. The molecule has 0 spiro atoms. The third-order valence-electron chi connectivity index (χ3n) is 7.96. The third kappa shape index (κ3) is 7.44. The Bertz CT molecular complexity index is 1470. The normalized spacial score (nSPS) is 18.7. The van der Waals surface area contributed by atoms with Crippen molar-refractivity contribution in [1.29, 1.82) is 0 Å². The van der Waals surface area contributed by atoms with Crippen molar-refractivity contribution in [3.8, 4) is 5.75 Å². The Morgan fingerprint density at radius 2 is 1.86 bits per heavy atom. The first kappa shape index (κ1) is 30.7. The Balaban J connectivity index is 1.28. The number of nitrogens with zero attached hydrogens (tertiary/aromatic N) is 1. The van der Waals surface area contributed by atoms with E-state index in [0.29, 0.717) is 48.3 Å². The number of halogens is 2. The molecule has 3 aromatic carbocycles. The highest BCUT2D eigenvalue weighted by Gasteiger charge is 2.44. The van der Waals surface area contributed by atoms with Gasteiger partial charge >= 0.3 is 6.09 Å². The molecule has 1 saturated heterocycles. The molecule has 2 unspecified atom stereocenters. The number of rotatable bonds is 11. The number of fused-ring (bicyclic) bond motifs is 2. The van der Waals surface area contributed by atoms with E-state index in [0.717, 1.165) is 35.1 Å². The van der Waals surface area contributed by atoms with Crippen molar-refractivity contribution in [2.75, 3.05) is 26.2 Å². The number of aliphatic hydroxyl groups is 1. The van der Waals surface area contributed by atoms with Crippen molar-refractivity contribution >= 4 is 33.5 Å². The minimum absolute atomic E-state index is 0.246. The lowest BCUT2D eigenvalue weighted by Gasteiger charge is -2.46. The lowest BCUT2D eigenvalue weighted by molar-refractivity contribution is -0.118. The number of benzene rings is 3. The van der Waals surface area contributed by atoms with Crippen molar-refractivity contribution < 1.29 is 28.9 Å². The predicted molar refractivity (Wildman–Crippen MR) is 165 cm³/mol. The van der Waals surface area contributed by atoms with Crippen LogP contribution in [0.4, 0.5) is 9.18 Å². The second-order valence-corrected chi connectivity index (χ2v) is 11.7. The number of carbonyl (C=O) groups excluding carboxylic acids is 1. The van der Waals surface area contributed by atoms with Crippen LogP contribution in [0.1, 0.15) is 42.1 Å². The van der Waals surface area contributed by atoms with Crippen LogP contribution in [0.2, 0.25) is 0 Å². The fraction of sp³-hybridized carbons (Fsp3) is 0.333. The van der Waals surface area contributed by atoms with Crippen molar-refractivity contribution in [1.82, 2.24) is 15.5 Å². The molecule has 2 amide bonds. The number of ether oxygens (including phenoxy) is 1. The second-order valence-electron chi connectivity index (χ2n) is 10.8. The molecule has 3 atom stereocenters. The minimum Gasteiger partial charge on any atom is -0.492 e. The summed E-state index contributed by atoms with van der Waals surface area (Å²) in [4.78, 5) is 27.2. The molecule has 0 radical (unpaired) electrons. The number of carbonyl (C=O) groups is 2. The van der Waals surface area contributed by atoms with Crippen LogP contribution in [0.5, 0.6) is 5.75 Å². The molecule has 2 heterocycles. The number of carboxylic acid groups (broad SMARTS) is 1. The van der Waals surface area contributed by atoms with Crippen LogP contribution in [-0.4, -0.2) is 65.4 Å². The topological polar surface area (TPSA) is 111 Å². The van der Waals surface area contributed by atoms with Gasteiger partial charge in [-0.3, -0.25) is 9.69 Å². The first-order valence-corrected chi connectivity index (χ1v) is 15.2. The maximum Gasteiger partial charge on any atom is 0.408 e. The summed E-state index contributed by atoms with van der Waals surface area (Å²) in [6, 6.07) is 20.7. The Kier molecular flexibility index (Phi) is 10.1. The molecule has 2 aliphatic heterocycles. The molecule has 0 aromatic heterocycles. The molecule has 0 aliphatic carbocycles. The summed E-state index contributed by atoms with van der Waals surface area (Å²) in [6.45, 7) is 1.54. The zero-order valence-electron chi connectivity index (χ0n) is 23.6. The average Bonchev–Trinajstić information content (AvgIpc) is 3.01. The van der Waals surface area contributed by atoms with Gasteiger partial charge in [-0.1, -0.05) is 54.6 Å². The summed E-state index contributed by atoms with van der Waals surface area (Å²) in [5.41, 5.74) is 4.05. The lowest BCUT2D eigenvalue weighted by Crippen LogP contribution is -2.63. The van der Waals surface area contributed by atoms with E-state index in [1.165, 1.54) is 17.0 Å². The third-order valence-corrected chi connectivity index (χ3v) is 8.62. The van der Waals surface area contributed by atoms with Gasteiger partial charge in [-0.25, -0.2) is 9.18 Å². The standard InChI is InChI=1S/C33H35BrFN3O5/c34-27-13-12-24(35)17-30(27)43-16-4-5-21-8-10-22(11-9-21)26-18-25-19-36-20-28(38(25)33(41)42)31(26)32(40)37-15-14-29(39)23-6-2-1-3-7-23/h1-3,6-13,17,25,28-29,36,39H,4-5,14-16,18-20H2,(H,37,40)(H,41,42)/t25?,28?,29-/m1/s1. The number of hydrogen-bond donors (Lipinski definition) is 4. The zero-order chi connectivity index (χ0) is 30.3. The smallest absolute Gasteiger partial charge is 0.408 e. The van der Waals surface area contributed by atoms with Gasteiger partial charge in [0.05, 0.1) is 29.3 Å². The number of piperazine rings is 1. The molecule has 2 aliphatic rings. The molecule has 4 N–H and O–H groups in total. The summed E-state index contributed by atoms with van der Waals surface area (Å²) in [7, 11) is 0. The molecule has 3 aromatic rings. The molecule has 2 bridgehead atoms. The van der Waals surface area contributed by atoms with Crippen LogP contribution in [0, 0.1) is 5.82 Å². The van der Waals surface area contributed by atoms with Crippen molar-refractivity contribution in [3.63, 3.8) is 0 Å². The molecule has 43 heavy (non-hydrogen) atoms. The van der Waals surface area contributed by atoms with Crippen LogP contribution in [0.25, 0.3) is 5.57 Å². The predicted octanol–water partition coefficient (Wildman–Crippen LogP) is 5.32. The number of aryl methyl sites for hydroxylation is 1. The zero-order valence-corrected chi connectivity index (χ0v) is 25.2. The minimum atomic E-state index is -1.04. The Morgan fingerprint density at radius 3 is 2.60 bits per heavy atom. The Hall–Kier alpha value is -3.73. The van der Waals surface area contributed by atoms with Crippen LogP contribution in [0.3, 0.4) is 0 Å². The molecule has 5 rings (SSSR count). The van der Waals surface area contributed by atoms with Gasteiger partial charge in [0.2, 0.25) is 5.91 Å². The maximum absolute atomic E-state index is 13.6. The van der Waals surface area contributed by atoms with Crippen LogP contribution >= 0.6 is 15.9 Å². The Morgan fingerprint density at radius 1 is 1.09 bits per heavy atom. The van der Waals surface area contributed by atoms with E-state index in [1.54, 1.807) is 6.07 Å². The van der Waals surface area contributed by atoms with Gasteiger partial charge in [0.1, 0.15) is 11.6 Å². The van der Waals surface area contributed by atoms with Gasteiger partial charge in [0.15, 0.2) is 0 Å². The lowest BCUT2D eigenvalue weighted by atomic mass is 9.82. The highest BCUT2D eigenvalue weighted by molar-refractivity contribution is 9.10. The Labute approximate surface area is 258 Å². The van der Waals surface area contributed by atoms with E-state index < -0.39 is 18.2 Å². The SMILES string of the molecule is O=C(NCC[C@@H](O)c1ccccc1)C1=C(c2ccc(CCCOc3cc(F)ccc3Br)cc2)CC2CNCC1N2C(=O)O. The first-order chi connectivity index (χ1) is 20.8. The van der Waals surface area contributed by atoms with Gasteiger partial charge in [0, 0.05) is 31.3 Å². The van der Waals surface area contributed by atoms with E-state index in [4.69, 9.17) is 4.74 Å². The fourth-order valence-electron chi connectivity index (χ4n) is 5.83. The monoisotopic (exact) mass is 651 g/mol. The van der Waals surface area contributed by atoms with Crippen LogP contribution in [-0.2, 0) is 11.2 Å². The van der Waals surface area contributed by atoms with Gasteiger partial charge < -0.3 is 25.6 Å². The largest absolute Gasteiger partial charge is 0.492 e. The number of aliphatic hydroxyl groups excluding tert-OH is 1. The van der Waals surface area contributed by atoms with E-state index in [2.05, 4.69) is 26.6 Å². The quantitative estimate of drug-likeness (QED) is 0.209. The molecular weight excluding hydrogens is 617 g/mol. The van der Waals surface area contributed by atoms with Crippen LogP contribution < -0.4 is 15.4 Å². The van der Waals surface area contributed by atoms with Gasteiger partial charge in [-0.2, -0.15) is 0 Å². The van der Waals surface area contributed by atoms with E-state index >= 15 is 0 Å². The van der Waals surface area contributed by atoms with Crippen molar-refractivity contribution in [2.24, 2.45) is 0 Å². The second kappa shape index (κ2) is 14.2. The van der Waals surface area contributed by atoms with E-state index in [-0.39, 0.29) is 24.3 Å². The van der Waals surface area contributed by atoms with Crippen molar-refractivity contribution in [3.05, 3.63) is 105 Å². The molecule has 10 heteroatoms. The summed E-state index contributed by atoms with van der Waals surface area (Å²) in [5, 5.41) is 26.7. The highest BCUT2D eigenvalue weighted by atomic mass is 79.9. The fourth-order valence-corrected chi connectivity index (χ4v) is 6.19. The number of nitrogens with one attached hydrogen (secondary N) is 2. The molecular formula is C33H35BrFN3O5. The number of amides is 2. The summed E-state index contributed by atoms with van der Waals surface area (Å²) in [5.74, 6) is -0.205. The molecule has 1 fully saturated rings. The van der Waals surface area contributed by atoms with E-state index in [9.17, 15) is 24.2 Å². The summed E-state index contributed by atoms with van der Waals surface area (Å²) >= 11 is 3.37. The maximum atomic E-state index is 13.6. The first-order valence-electron chi connectivity index (χ1n) is 14.4. The number of hydrogen-bond acceptors (Lipinski definition) is 5. The van der Waals surface area contributed by atoms with E-state index in [1.807, 2.05) is 54.6 Å². The van der Waals surface area contributed by atoms with Gasteiger partial charge in [0.25, 0.3) is 0 Å². The molecule has 0 saturated carbocycles.